The number of nitrogens with one attached hydrogen (secondary N) is 1. The molecule has 2 rings (SSSR count). The summed E-state index contributed by atoms with van der Waals surface area (Å²) in [5, 5.41) is 3.26. The highest BCUT2D eigenvalue weighted by Crippen LogP contribution is 2.12. The molecular weight excluding hydrogens is 110 g/mol. The van der Waals surface area contributed by atoms with Crippen molar-refractivity contribution in [1.29, 1.82) is 0 Å². The lowest BCUT2D eigenvalue weighted by Crippen LogP contribution is -1.99. The Morgan fingerprint density at radius 3 is 3.33 bits per heavy atom. The van der Waals surface area contributed by atoms with Gasteiger partial charge in [-0.05, 0) is 17.2 Å². The lowest BCUT2D eigenvalue weighted by atomic mass is 10.1. The van der Waals surface area contributed by atoms with E-state index in [-0.39, 0.29) is 0 Å². The molecule has 0 fully saturated rings. The highest BCUT2D eigenvalue weighted by atomic mass is 14.9. The van der Waals surface area contributed by atoms with E-state index < -0.39 is 0 Å². The topological polar surface area (TPSA) is 12.0 Å². The van der Waals surface area contributed by atoms with Gasteiger partial charge in [0.25, 0.3) is 0 Å². The average Bonchev–Trinajstić information content (AvgIpc) is 2.33. The van der Waals surface area contributed by atoms with E-state index in [1.165, 1.54) is 11.1 Å². The van der Waals surface area contributed by atoms with Crippen molar-refractivity contribution < 1.29 is 0 Å². The minimum atomic E-state index is 0.996. The summed E-state index contributed by atoms with van der Waals surface area (Å²) in [5.41, 5.74) is 2.73. The van der Waals surface area contributed by atoms with Crippen molar-refractivity contribution in [3.8, 4) is 0 Å². The molecule has 45 valence electrons. The van der Waals surface area contributed by atoms with Crippen LogP contribution < -0.4 is 5.32 Å². The number of fused-ring (bicyclic) bond motifs is 1. The number of benzene rings is 1. The predicted octanol–water partition coefficient (Wildman–Crippen LogP) is 1.09. The minimum absolute atomic E-state index is 0.996. The fraction of sp³-hybridized carbons (Fsp3) is 0.250. The molecule has 1 aliphatic heterocycles. The van der Waals surface area contributed by atoms with E-state index in [4.69, 9.17) is 0 Å². The maximum Gasteiger partial charge on any atom is 0.0218 e. The fourth-order valence-corrected chi connectivity index (χ4v) is 1.16. The number of rotatable bonds is 0. The summed E-state index contributed by atoms with van der Waals surface area (Å²) >= 11 is 0. The molecule has 0 bridgehead atoms. The van der Waals surface area contributed by atoms with Gasteiger partial charge in [0, 0.05) is 13.1 Å². The van der Waals surface area contributed by atoms with E-state index in [1.807, 2.05) is 12.1 Å². The number of hydrogen-bond donors (Lipinski definition) is 1. The molecule has 0 aromatic heterocycles. The van der Waals surface area contributed by atoms with Crippen LogP contribution in [0, 0.1) is 6.07 Å². The molecule has 1 aromatic rings. The first-order valence-electron chi connectivity index (χ1n) is 3.16. The van der Waals surface area contributed by atoms with Crippen LogP contribution in [0.4, 0.5) is 0 Å². The third-order valence-electron chi connectivity index (χ3n) is 1.66. The van der Waals surface area contributed by atoms with E-state index in [9.17, 15) is 0 Å². The lowest BCUT2D eigenvalue weighted by Gasteiger charge is -1.90. The van der Waals surface area contributed by atoms with Crippen LogP contribution in [0.2, 0.25) is 0 Å². The van der Waals surface area contributed by atoms with Crippen LogP contribution in [0.5, 0.6) is 0 Å². The maximum atomic E-state index is 3.26. The van der Waals surface area contributed by atoms with Gasteiger partial charge in [0.1, 0.15) is 0 Å². The van der Waals surface area contributed by atoms with Crippen LogP contribution in [0.15, 0.2) is 18.2 Å². The van der Waals surface area contributed by atoms with Gasteiger partial charge >= 0.3 is 0 Å². The number of hydrogen-bond acceptors (Lipinski definition) is 1. The molecular formula is C8H8N. The van der Waals surface area contributed by atoms with Gasteiger partial charge in [0.15, 0.2) is 0 Å². The van der Waals surface area contributed by atoms with Gasteiger partial charge in [-0.15, -0.1) is 0 Å². The van der Waals surface area contributed by atoms with Crippen molar-refractivity contribution >= 4 is 0 Å². The van der Waals surface area contributed by atoms with E-state index in [2.05, 4.69) is 17.4 Å². The molecule has 0 aliphatic carbocycles. The molecule has 1 N–H and O–H groups in total. The summed E-state index contributed by atoms with van der Waals surface area (Å²) < 4.78 is 0. The second-order valence-electron chi connectivity index (χ2n) is 2.28. The van der Waals surface area contributed by atoms with Crippen molar-refractivity contribution in [2.75, 3.05) is 0 Å². The molecule has 1 heterocycles. The van der Waals surface area contributed by atoms with Crippen LogP contribution in [0.3, 0.4) is 0 Å². The molecule has 1 radical (unpaired) electrons. The first-order chi connectivity index (χ1) is 4.47. The first-order valence-corrected chi connectivity index (χ1v) is 3.16. The normalized spacial score (nSPS) is 15.6. The molecule has 1 aromatic carbocycles. The summed E-state index contributed by atoms with van der Waals surface area (Å²) in [4.78, 5) is 0. The third kappa shape index (κ3) is 0.736. The molecule has 0 saturated carbocycles. The summed E-state index contributed by atoms with van der Waals surface area (Å²) in [6, 6.07) is 9.33. The largest absolute Gasteiger partial charge is 0.309 e. The van der Waals surface area contributed by atoms with Gasteiger partial charge in [-0.3, -0.25) is 0 Å². The second kappa shape index (κ2) is 1.85. The molecule has 0 atom stereocenters. The Morgan fingerprint density at radius 2 is 2.44 bits per heavy atom. The van der Waals surface area contributed by atoms with E-state index in [0.29, 0.717) is 0 Å². The minimum Gasteiger partial charge on any atom is -0.309 e. The van der Waals surface area contributed by atoms with Crippen molar-refractivity contribution in [3.63, 3.8) is 0 Å². The lowest BCUT2D eigenvalue weighted by molar-refractivity contribution is 0.764. The van der Waals surface area contributed by atoms with Gasteiger partial charge in [0.2, 0.25) is 0 Å². The summed E-state index contributed by atoms with van der Waals surface area (Å²) in [6.45, 7) is 2.02. The van der Waals surface area contributed by atoms with E-state index in [0.717, 1.165) is 13.1 Å². The Labute approximate surface area is 54.7 Å². The van der Waals surface area contributed by atoms with Gasteiger partial charge in [-0.25, -0.2) is 0 Å². The Kier molecular flexibility index (Phi) is 1.03. The van der Waals surface area contributed by atoms with Crippen molar-refractivity contribution in [1.82, 2.24) is 5.32 Å². The van der Waals surface area contributed by atoms with Crippen molar-refractivity contribution in [2.45, 2.75) is 13.1 Å². The predicted molar refractivity (Wildman–Crippen MR) is 35.8 cm³/mol. The monoisotopic (exact) mass is 118 g/mol. The average molecular weight is 118 g/mol. The zero-order valence-corrected chi connectivity index (χ0v) is 5.15. The maximum absolute atomic E-state index is 3.26. The summed E-state index contributed by atoms with van der Waals surface area (Å²) in [5.74, 6) is 0. The molecule has 9 heavy (non-hydrogen) atoms. The smallest absolute Gasteiger partial charge is 0.0218 e. The zero-order valence-electron chi connectivity index (χ0n) is 5.15. The quantitative estimate of drug-likeness (QED) is 0.537. The molecule has 1 nitrogen and oxygen atoms in total. The molecule has 0 unspecified atom stereocenters. The Balaban J connectivity index is 2.54. The zero-order chi connectivity index (χ0) is 6.10. The Morgan fingerprint density at radius 1 is 1.44 bits per heavy atom. The van der Waals surface area contributed by atoms with Crippen LogP contribution in [-0.2, 0) is 13.1 Å². The van der Waals surface area contributed by atoms with Crippen LogP contribution in [0.1, 0.15) is 11.1 Å². The van der Waals surface area contributed by atoms with Crippen molar-refractivity contribution in [3.05, 3.63) is 35.4 Å². The van der Waals surface area contributed by atoms with Crippen LogP contribution in [0.25, 0.3) is 0 Å². The van der Waals surface area contributed by atoms with Gasteiger partial charge in [-0.1, -0.05) is 18.2 Å². The van der Waals surface area contributed by atoms with Gasteiger partial charge < -0.3 is 5.32 Å². The van der Waals surface area contributed by atoms with Gasteiger partial charge in [-0.2, -0.15) is 0 Å². The summed E-state index contributed by atoms with van der Waals surface area (Å²) in [7, 11) is 0. The third-order valence-corrected chi connectivity index (χ3v) is 1.66. The van der Waals surface area contributed by atoms with Crippen LogP contribution >= 0.6 is 0 Å². The molecule has 0 spiro atoms. The summed E-state index contributed by atoms with van der Waals surface area (Å²) in [6.07, 6.45) is 0. The SMILES string of the molecule is [c]1cccc2c1CNC2. The van der Waals surface area contributed by atoms with E-state index >= 15 is 0 Å². The van der Waals surface area contributed by atoms with Crippen molar-refractivity contribution in [2.24, 2.45) is 0 Å². The van der Waals surface area contributed by atoms with Crippen LogP contribution in [-0.4, -0.2) is 0 Å². The second-order valence-corrected chi connectivity index (χ2v) is 2.28. The standard InChI is InChI=1S/C8H8N/c1-2-4-8-6-9-5-7(8)3-1/h1-3,9H,5-6H2. The Hall–Kier alpha value is -0.820. The molecule has 1 heteroatoms. The molecule has 0 amide bonds. The first kappa shape index (κ1) is 5.00. The molecule has 1 aliphatic rings. The van der Waals surface area contributed by atoms with E-state index in [1.54, 1.807) is 0 Å². The Bertz CT molecular complexity index is 195. The highest BCUT2D eigenvalue weighted by Gasteiger charge is 2.06. The molecule has 0 saturated heterocycles. The van der Waals surface area contributed by atoms with Gasteiger partial charge in [0.05, 0.1) is 0 Å². The fourth-order valence-electron chi connectivity index (χ4n) is 1.16. The highest BCUT2D eigenvalue weighted by molar-refractivity contribution is 5.28.